The van der Waals surface area contributed by atoms with Crippen molar-refractivity contribution in [2.24, 2.45) is 0 Å². The van der Waals surface area contributed by atoms with E-state index in [1.807, 2.05) is 4.57 Å². The van der Waals surface area contributed by atoms with Gasteiger partial charge in [0.05, 0.1) is 32.6 Å². The maximum Gasteiger partial charge on any atom is 0.201 e. The van der Waals surface area contributed by atoms with Gasteiger partial charge in [0.25, 0.3) is 0 Å². The van der Waals surface area contributed by atoms with Gasteiger partial charge in [-0.15, -0.1) is 0 Å². The number of sulfone groups is 1. The first-order valence-corrected chi connectivity index (χ1v) is 8.78. The van der Waals surface area contributed by atoms with Gasteiger partial charge in [0.15, 0.2) is 0 Å². The molecule has 0 unspecified atom stereocenters. The fraction of sp³-hybridized carbons (Fsp3) is 0.417. The number of rotatable bonds is 1. The van der Waals surface area contributed by atoms with Gasteiger partial charge in [0.1, 0.15) is 9.84 Å². The van der Waals surface area contributed by atoms with Crippen LogP contribution in [0.4, 0.5) is 5.95 Å². The molecule has 0 saturated carbocycles. The van der Waals surface area contributed by atoms with E-state index in [0.29, 0.717) is 34.4 Å². The molecule has 8 heteroatoms. The molecule has 20 heavy (non-hydrogen) atoms. The van der Waals surface area contributed by atoms with Crippen molar-refractivity contribution in [3.05, 3.63) is 22.2 Å². The van der Waals surface area contributed by atoms with Crippen molar-refractivity contribution < 1.29 is 8.42 Å². The minimum absolute atomic E-state index is 0.0285. The van der Waals surface area contributed by atoms with Crippen molar-refractivity contribution >= 4 is 50.0 Å². The molecular weight excluding hydrogens is 321 g/mol. The van der Waals surface area contributed by atoms with E-state index in [9.17, 15) is 8.42 Å². The molecule has 1 aliphatic heterocycles. The molecule has 1 aromatic carbocycles. The maximum atomic E-state index is 11.5. The van der Waals surface area contributed by atoms with E-state index in [1.165, 1.54) is 0 Å². The van der Waals surface area contributed by atoms with Gasteiger partial charge in [-0.25, -0.2) is 13.4 Å². The Labute approximate surface area is 126 Å². The van der Waals surface area contributed by atoms with Gasteiger partial charge in [-0.1, -0.05) is 23.2 Å². The van der Waals surface area contributed by atoms with E-state index in [-0.39, 0.29) is 17.5 Å². The van der Waals surface area contributed by atoms with Gasteiger partial charge in [-0.3, -0.25) is 0 Å². The van der Waals surface area contributed by atoms with Crippen LogP contribution in [0.2, 0.25) is 10.0 Å². The molecule has 1 aliphatic rings. The summed E-state index contributed by atoms with van der Waals surface area (Å²) in [5.74, 6) is 0.721. The molecule has 2 aromatic rings. The Balaban J connectivity index is 2.08. The summed E-state index contributed by atoms with van der Waals surface area (Å²) in [6, 6.07) is 3.43. The molecule has 0 spiro atoms. The Morgan fingerprint density at radius 2 is 1.80 bits per heavy atom. The molecule has 5 nitrogen and oxygen atoms in total. The summed E-state index contributed by atoms with van der Waals surface area (Å²) < 4.78 is 24.9. The van der Waals surface area contributed by atoms with Crippen LogP contribution >= 0.6 is 23.2 Å². The number of nitrogen functional groups attached to an aromatic ring is 1. The quantitative estimate of drug-likeness (QED) is 0.870. The summed E-state index contributed by atoms with van der Waals surface area (Å²) in [5.41, 5.74) is 7.43. The average molecular weight is 334 g/mol. The topological polar surface area (TPSA) is 78.0 Å². The molecule has 0 amide bonds. The van der Waals surface area contributed by atoms with Crippen LogP contribution in [0.15, 0.2) is 12.1 Å². The lowest BCUT2D eigenvalue weighted by Crippen LogP contribution is -2.26. The molecule has 0 atom stereocenters. The lowest BCUT2D eigenvalue weighted by Gasteiger charge is -2.24. The monoisotopic (exact) mass is 333 g/mol. The standard InChI is InChI=1S/C12H13Cl2N3O2S/c13-8-5-10-11(6-9(8)14)17(12(15)16-10)7-1-3-20(18,19)4-2-7/h5-7H,1-4H2,(H2,15,16). The van der Waals surface area contributed by atoms with E-state index in [4.69, 9.17) is 28.9 Å². The van der Waals surface area contributed by atoms with Crippen LogP contribution in [0.3, 0.4) is 0 Å². The molecule has 2 heterocycles. The van der Waals surface area contributed by atoms with Crippen molar-refractivity contribution in [1.82, 2.24) is 9.55 Å². The predicted octanol–water partition coefficient (Wildman–Crippen LogP) is 2.68. The largest absolute Gasteiger partial charge is 0.369 e. The number of aromatic nitrogens is 2. The lowest BCUT2D eigenvalue weighted by atomic mass is 10.1. The van der Waals surface area contributed by atoms with Crippen LogP contribution in [-0.2, 0) is 9.84 Å². The second-order valence-corrected chi connectivity index (χ2v) is 8.10. The first kappa shape index (κ1) is 14.0. The zero-order chi connectivity index (χ0) is 14.5. The minimum Gasteiger partial charge on any atom is -0.369 e. The second-order valence-electron chi connectivity index (χ2n) is 4.98. The average Bonchev–Trinajstić information content (AvgIpc) is 2.66. The van der Waals surface area contributed by atoms with Gasteiger partial charge < -0.3 is 10.3 Å². The van der Waals surface area contributed by atoms with Gasteiger partial charge in [-0.2, -0.15) is 0 Å². The van der Waals surface area contributed by atoms with Crippen molar-refractivity contribution in [2.45, 2.75) is 18.9 Å². The molecule has 3 rings (SSSR count). The highest BCUT2D eigenvalue weighted by Gasteiger charge is 2.27. The number of benzene rings is 1. The predicted molar refractivity (Wildman–Crippen MR) is 81.1 cm³/mol. The third kappa shape index (κ3) is 2.36. The number of nitrogens with zero attached hydrogens (tertiary/aromatic N) is 2. The van der Waals surface area contributed by atoms with Crippen LogP contribution in [-0.4, -0.2) is 29.5 Å². The second kappa shape index (κ2) is 4.79. The number of hydrogen-bond donors (Lipinski definition) is 1. The zero-order valence-electron chi connectivity index (χ0n) is 10.5. The molecule has 1 fully saturated rings. The summed E-state index contributed by atoms with van der Waals surface area (Å²) in [5, 5.41) is 0.860. The smallest absolute Gasteiger partial charge is 0.201 e. The van der Waals surface area contributed by atoms with Crippen LogP contribution in [0.25, 0.3) is 11.0 Å². The summed E-state index contributed by atoms with van der Waals surface area (Å²) >= 11 is 12.0. The molecule has 1 aromatic heterocycles. The molecule has 2 N–H and O–H groups in total. The van der Waals surface area contributed by atoms with E-state index >= 15 is 0 Å². The van der Waals surface area contributed by atoms with Crippen molar-refractivity contribution in [3.8, 4) is 0 Å². The van der Waals surface area contributed by atoms with E-state index in [1.54, 1.807) is 12.1 Å². The third-order valence-electron chi connectivity index (χ3n) is 3.65. The van der Waals surface area contributed by atoms with E-state index in [0.717, 1.165) is 5.52 Å². The van der Waals surface area contributed by atoms with Gasteiger partial charge in [0, 0.05) is 6.04 Å². The lowest BCUT2D eigenvalue weighted by molar-refractivity contribution is 0.463. The first-order valence-electron chi connectivity index (χ1n) is 6.20. The van der Waals surface area contributed by atoms with Gasteiger partial charge >= 0.3 is 0 Å². The number of anilines is 1. The van der Waals surface area contributed by atoms with Crippen LogP contribution in [0, 0.1) is 0 Å². The first-order chi connectivity index (χ1) is 9.37. The third-order valence-corrected chi connectivity index (χ3v) is 6.09. The van der Waals surface area contributed by atoms with E-state index < -0.39 is 9.84 Å². The van der Waals surface area contributed by atoms with Gasteiger partial charge in [0.2, 0.25) is 5.95 Å². The van der Waals surface area contributed by atoms with Crippen molar-refractivity contribution in [2.75, 3.05) is 17.2 Å². The Morgan fingerprint density at radius 1 is 1.20 bits per heavy atom. The Hall–Kier alpha value is -0.980. The summed E-state index contributed by atoms with van der Waals surface area (Å²) in [4.78, 5) is 4.27. The Kier molecular flexibility index (Phi) is 3.35. The molecule has 0 radical (unpaired) electrons. The van der Waals surface area contributed by atoms with Crippen LogP contribution < -0.4 is 5.73 Å². The Bertz CT molecular complexity index is 772. The molecule has 0 bridgehead atoms. The highest BCUT2D eigenvalue weighted by Crippen LogP contribution is 2.34. The zero-order valence-corrected chi connectivity index (χ0v) is 12.8. The molecule has 108 valence electrons. The van der Waals surface area contributed by atoms with Crippen molar-refractivity contribution in [3.63, 3.8) is 0 Å². The van der Waals surface area contributed by atoms with Crippen LogP contribution in [0.5, 0.6) is 0 Å². The molecule has 0 aliphatic carbocycles. The summed E-state index contributed by atoms with van der Waals surface area (Å²) in [6.07, 6.45) is 1.08. The summed E-state index contributed by atoms with van der Waals surface area (Å²) in [7, 11) is -2.91. The highest BCUT2D eigenvalue weighted by atomic mass is 35.5. The molecule has 1 saturated heterocycles. The minimum atomic E-state index is -2.91. The fourth-order valence-electron chi connectivity index (χ4n) is 2.63. The SMILES string of the molecule is Nc1nc2cc(Cl)c(Cl)cc2n1C1CCS(=O)(=O)CC1. The van der Waals surface area contributed by atoms with Crippen LogP contribution in [0.1, 0.15) is 18.9 Å². The Morgan fingerprint density at radius 3 is 2.45 bits per heavy atom. The maximum absolute atomic E-state index is 11.5. The number of fused-ring (bicyclic) bond motifs is 1. The van der Waals surface area contributed by atoms with E-state index in [2.05, 4.69) is 4.98 Å². The molecular formula is C12H13Cl2N3O2S. The van der Waals surface area contributed by atoms with Crippen molar-refractivity contribution in [1.29, 1.82) is 0 Å². The normalized spacial score (nSPS) is 19.5. The highest BCUT2D eigenvalue weighted by molar-refractivity contribution is 7.91. The van der Waals surface area contributed by atoms with Gasteiger partial charge in [-0.05, 0) is 25.0 Å². The summed E-state index contributed by atoms with van der Waals surface area (Å²) in [6.45, 7) is 0. The number of imidazole rings is 1. The fourth-order valence-corrected chi connectivity index (χ4v) is 4.41. The number of halogens is 2. The number of nitrogens with two attached hydrogens (primary N) is 1. The number of hydrogen-bond acceptors (Lipinski definition) is 4.